The van der Waals surface area contributed by atoms with Crippen LogP contribution in [0.3, 0.4) is 0 Å². The third-order valence-electron chi connectivity index (χ3n) is 4.42. The minimum absolute atomic E-state index is 0.133. The molecule has 0 aromatic heterocycles. The number of hydrogen-bond donors (Lipinski definition) is 2. The minimum Gasteiger partial charge on any atom is -0.355 e. The smallest absolute Gasteiger partial charge is 0.255 e. The Balaban J connectivity index is 1.82. The summed E-state index contributed by atoms with van der Waals surface area (Å²) >= 11 is 6.23. The number of benzene rings is 2. The van der Waals surface area contributed by atoms with E-state index in [0.717, 1.165) is 5.56 Å². The Morgan fingerprint density at radius 1 is 0.966 bits per heavy atom. The Hall–Kier alpha value is -2.86. The number of hydrogen-bond acceptors (Lipinski definition) is 3. The number of rotatable bonds is 9. The summed E-state index contributed by atoms with van der Waals surface area (Å²) in [6.45, 7) is 5.25. The highest BCUT2D eigenvalue weighted by atomic mass is 35.5. The topological polar surface area (TPSA) is 78.5 Å². The van der Waals surface area contributed by atoms with Crippen molar-refractivity contribution in [1.82, 2.24) is 10.2 Å². The highest BCUT2D eigenvalue weighted by molar-refractivity contribution is 6.34. The molecule has 3 amide bonds. The maximum absolute atomic E-state index is 12.4. The molecule has 2 N–H and O–H groups in total. The van der Waals surface area contributed by atoms with Crippen LogP contribution in [-0.4, -0.2) is 42.3 Å². The van der Waals surface area contributed by atoms with Gasteiger partial charge < -0.3 is 15.5 Å². The maximum Gasteiger partial charge on any atom is 0.255 e. The van der Waals surface area contributed by atoms with Crippen LogP contribution >= 0.6 is 11.6 Å². The van der Waals surface area contributed by atoms with Crippen molar-refractivity contribution in [3.05, 3.63) is 64.7 Å². The zero-order valence-corrected chi connectivity index (χ0v) is 17.5. The molecular weight excluding hydrogens is 390 g/mol. The second-order valence-electron chi connectivity index (χ2n) is 6.48. The molecule has 0 fully saturated rings. The zero-order chi connectivity index (χ0) is 21.2. The van der Waals surface area contributed by atoms with E-state index < -0.39 is 0 Å². The molecule has 0 saturated heterocycles. The van der Waals surface area contributed by atoms with Crippen molar-refractivity contribution in [3.8, 4) is 0 Å². The standard InChI is InChI=1S/C22H26ClN3O3/c1-3-26(4-2)22(29)18-11-10-17(15-19(18)23)25-20(27)12-13-24-21(28)14-16-8-6-5-7-9-16/h5-11,15H,3-4,12-14H2,1-2H3,(H,24,28)(H,25,27). The number of nitrogens with zero attached hydrogens (tertiary/aromatic N) is 1. The quantitative estimate of drug-likeness (QED) is 0.657. The van der Waals surface area contributed by atoms with Gasteiger partial charge in [-0.05, 0) is 37.6 Å². The van der Waals surface area contributed by atoms with E-state index in [-0.39, 0.29) is 42.1 Å². The largest absolute Gasteiger partial charge is 0.355 e. The lowest BCUT2D eigenvalue weighted by molar-refractivity contribution is -0.120. The molecule has 0 aliphatic carbocycles. The van der Waals surface area contributed by atoms with Crippen molar-refractivity contribution in [2.24, 2.45) is 0 Å². The van der Waals surface area contributed by atoms with Crippen molar-refractivity contribution in [2.75, 3.05) is 25.0 Å². The van der Waals surface area contributed by atoms with Crippen molar-refractivity contribution in [1.29, 1.82) is 0 Å². The molecule has 2 rings (SSSR count). The molecule has 154 valence electrons. The van der Waals surface area contributed by atoms with Gasteiger partial charge in [-0.25, -0.2) is 0 Å². The second-order valence-corrected chi connectivity index (χ2v) is 6.89. The van der Waals surface area contributed by atoms with Gasteiger partial charge in [0.15, 0.2) is 0 Å². The summed E-state index contributed by atoms with van der Waals surface area (Å²) in [7, 11) is 0. The predicted molar refractivity (Wildman–Crippen MR) is 115 cm³/mol. The van der Waals surface area contributed by atoms with Gasteiger partial charge in [0.05, 0.1) is 17.0 Å². The fraction of sp³-hybridized carbons (Fsp3) is 0.318. The first-order valence-electron chi connectivity index (χ1n) is 9.63. The van der Waals surface area contributed by atoms with Crippen LogP contribution in [0.4, 0.5) is 5.69 Å². The minimum atomic E-state index is -0.246. The first kappa shape index (κ1) is 22.4. The van der Waals surface area contributed by atoms with E-state index in [2.05, 4.69) is 10.6 Å². The summed E-state index contributed by atoms with van der Waals surface area (Å²) in [5.41, 5.74) is 1.83. The molecule has 0 radical (unpaired) electrons. The van der Waals surface area contributed by atoms with E-state index >= 15 is 0 Å². The van der Waals surface area contributed by atoms with Gasteiger partial charge in [-0.3, -0.25) is 14.4 Å². The molecule has 0 saturated carbocycles. The normalized spacial score (nSPS) is 10.3. The SMILES string of the molecule is CCN(CC)C(=O)c1ccc(NC(=O)CCNC(=O)Cc2ccccc2)cc1Cl. The average molecular weight is 416 g/mol. The fourth-order valence-corrected chi connectivity index (χ4v) is 3.09. The molecule has 29 heavy (non-hydrogen) atoms. The first-order chi connectivity index (χ1) is 13.9. The summed E-state index contributed by atoms with van der Waals surface area (Å²) < 4.78 is 0. The number of anilines is 1. The van der Waals surface area contributed by atoms with Gasteiger partial charge in [-0.1, -0.05) is 41.9 Å². The molecule has 0 bridgehead atoms. The molecule has 0 atom stereocenters. The van der Waals surface area contributed by atoms with E-state index in [1.807, 2.05) is 44.2 Å². The van der Waals surface area contributed by atoms with Crippen LogP contribution in [0.5, 0.6) is 0 Å². The van der Waals surface area contributed by atoms with Gasteiger partial charge in [0.2, 0.25) is 11.8 Å². The number of nitrogens with one attached hydrogen (secondary N) is 2. The molecular formula is C22H26ClN3O3. The number of carbonyl (C=O) groups excluding carboxylic acids is 3. The van der Waals surface area contributed by atoms with Crippen molar-refractivity contribution in [3.63, 3.8) is 0 Å². The zero-order valence-electron chi connectivity index (χ0n) is 16.7. The summed E-state index contributed by atoms with van der Waals surface area (Å²) in [6.07, 6.45) is 0.415. The lowest BCUT2D eigenvalue weighted by atomic mass is 10.1. The molecule has 2 aromatic carbocycles. The summed E-state index contributed by atoms with van der Waals surface area (Å²) in [5.74, 6) is -0.519. The van der Waals surface area contributed by atoms with Crippen LogP contribution in [0, 0.1) is 0 Å². The van der Waals surface area contributed by atoms with Gasteiger partial charge in [0, 0.05) is 31.7 Å². The number of halogens is 1. The Morgan fingerprint density at radius 2 is 1.66 bits per heavy atom. The number of carbonyl (C=O) groups is 3. The molecule has 7 heteroatoms. The van der Waals surface area contributed by atoms with Crippen molar-refractivity contribution >= 4 is 35.0 Å². The van der Waals surface area contributed by atoms with Crippen LogP contribution in [-0.2, 0) is 16.0 Å². The van der Waals surface area contributed by atoms with E-state index in [1.54, 1.807) is 23.1 Å². The van der Waals surface area contributed by atoms with Crippen molar-refractivity contribution in [2.45, 2.75) is 26.7 Å². The van der Waals surface area contributed by atoms with Crippen LogP contribution < -0.4 is 10.6 Å². The van der Waals surface area contributed by atoms with Gasteiger partial charge in [0.1, 0.15) is 0 Å². The van der Waals surface area contributed by atoms with Gasteiger partial charge >= 0.3 is 0 Å². The maximum atomic E-state index is 12.4. The Morgan fingerprint density at radius 3 is 2.28 bits per heavy atom. The van der Waals surface area contributed by atoms with E-state index in [1.165, 1.54) is 0 Å². The van der Waals surface area contributed by atoms with Crippen LogP contribution in [0.25, 0.3) is 0 Å². The average Bonchev–Trinajstić information content (AvgIpc) is 2.69. The summed E-state index contributed by atoms with van der Waals surface area (Å²) in [5, 5.41) is 5.75. The van der Waals surface area contributed by atoms with Crippen LogP contribution in [0.2, 0.25) is 5.02 Å². The Labute approximate surface area is 176 Å². The molecule has 0 aliphatic rings. The lowest BCUT2D eigenvalue weighted by Gasteiger charge is -2.19. The predicted octanol–water partition coefficient (Wildman–Crippen LogP) is 3.51. The first-order valence-corrected chi connectivity index (χ1v) is 10.0. The third-order valence-corrected chi connectivity index (χ3v) is 4.73. The van der Waals surface area contributed by atoms with E-state index in [0.29, 0.717) is 24.3 Å². The Kier molecular flexibility index (Phi) is 8.68. The number of amides is 3. The highest BCUT2D eigenvalue weighted by Gasteiger charge is 2.16. The summed E-state index contributed by atoms with van der Waals surface area (Å²) in [6, 6.07) is 14.2. The molecule has 0 spiro atoms. The molecule has 0 unspecified atom stereocenters. The monoisotopic (exact) mass is 415 g/mol. The second kappa shape index (κ2) is 11.2. The molecule has 0 aliphatic heterocycles. The van der Waals surface area contributed by atoms with Gasteiger partial charge in [-0.2, -0.15) is 0 Å². The summed E-state index contributed by atoms with van der Waals surface area (Å²) in [4.78, 5) is 38.1. The fourth-order valence-electron chi connectivity index (χ4n) is 2.83. The highest BCUT2D eigenvalue weighted by Crippen LogP contribution is 2.22. The van der Waals surface area contributed by atoms with E-state index in [9.17, 15) is 14.4 Å². The third kappa shape index (κ3) is 6.91. The van der Waals surface area contributed by atoms with Gasteiger partial charge in [0.25, 0.3) is 5.91 Å². The molecule has 6 nitrogen and oxygen atoms in total. The van der Waals surface area contributed by atoms with E-state index in [4.69, 9.17) is 11.6 Å². The van der Waals surface area contributed by atoms with Crippen molar-refractivity contribution < 1.29 is 14.4 Å². The molecule has 0 heterocycles. The van der Waals surface area contributed by atoms with Gasteiger partial charge in [-0.15, -0.1) is 0 Å². The molecule has 2 aromatic rings. The van der Waals surface area contributed by atoms with Crippen LogP contribution in [0.1, 0.15) is 36.2 Å². The Bertz CT molecular complexity index is 852. The lowest BCUT2D eigenvalue weighted by Crippen LogP contribution is -2.30. The van der Waals surface area contributed by atoms with Crippen LogP contribution in [0.15, 0.2) is 48.5 Å².